The van der Waals surface area contributed by atoms with Gasteiger partial charge < -0.3 is 15.0 Å². The number of nitrogens with zero attached hydrogens (tertiary/aromatic N) is 2. The fourth-order valence-electron chi connectivity index (χ4n) is 3.21. The number of halogens is 1. The van der Waals surface area contributed by atoms with Crippen LogP contribution >= 0.6 is 0 Å². The van der Waals surface area contributed by atoms with E-state index in [1.54, 1.807) is 12.1 Å². The van der Waals surface area contributed by atoms with E-state index in [-0.39, 0.29) is 11.4 Å². The van der Waals surface area contributed by atoms with E-state index in [1.807, 2.05) is 12.1 Å². The maximum atomic E-state index is 13.2. The van der Waals surface area contributed by atoms with Gasteiger partial charge in [-0.25, -0.2) is 4.39 Å². The fourth-order valence-corrected chi connectivity index (χ4v) is 3.21. The second kappa shape index (κ2) is 9.32. The molecule has 0 bridgehead atoms. The first kappa shape index (κ1) is 19.1. The molecular weight excluding hydrogens is 349 g/mol. The Bertz CT molecular complexity index is 762. The number of hydrogen-bond donors (Lipinski definition) is 1. The highest BCUT2D eigenvalue weighted by Gasteiger charge is 2.15. The molecule has 3 rings (SSSR count). The molecule has 1 saturated heterocycles. The highest BCUT2D eigenvalue weighted by atomic mass is 19.1. The van der Waals surface area contributed by atoms with E-state index in [4.69, 9.17) is 4.74 Å². The van der Waals surface area contributed by atoms with Crippen molar-refractivity contribution in [2.24, 2.45) is 0 Å². The van der Waals surface area contributed by atoms with Gasteiger partial charge in [-0.3, -0.25) is 10.1 Å². The number of hydrogen-bond acceptors (Lipinski definition) is 5. The summed E-state index contributed by atoms with van der Waals surface area (Å²) in [4.78, 5) is 12.9. The number of nitro groups is 1. The van der Waals surface area contributed by atoms with Crippen molar-refractivity contribution in [1.82, 2.24) is 4.90 Å². The maximum Gasteiger partial charge on any atom is 0.295 e. The molecule has 1 aliphatic rings. The zero-order valence-corrected chi connectivity index (χ0v) is 15.2. The number of nitro benzene ring substituents is 1. The van der Waals surface area contributed by atoms with Crippen LogP contribution in [-0.4, -0.2) is 36.1 Å². The van der Waals surface area contributed by atoms with Gasteiger partial charge in [0.15, 0.2) is 0 Å². The maximum absolute atomic E-state index is 13.2. The summed E-state index contributed by atoms with van der Waals surface area (Å²) in [6.07, 6.45) is 4.92. The minimum atomic E-state index is -0.638. The lowest BCUT2D eigenvalue weighted by Gasteiger charge is -2.26. The summed E-state index contributed by atoms with van der Waals surface area (Å²) in [7, 11) is 0. The molecule has 27 heavy (non-hydrogen) atoms. The van der Waals surface area contributed by atoms with Gasteiger partial charge in [0, 0.05) is 12.2 Å². The van der Waals surface area contributed by atoms with Gasteiger partial charge in [0.25, 0.3) is 5.69 Å². The van der Waals surface area contributed by atoms with E-state index in [0.717, 1.165) is 24.8 Å². The van der Waals surface area contributed by atoms with Crippen LogP contribution in [0.4, 0.5) is 21.5 Å². The largest absolute Gasteiger partial charge is 0.494 e. The van der Waals surface area contributed by atoms with E-state index in [2.05, 4.69) is 10.2 Å². The minimum Gasteiger partial charge on any atom is -0.494 e. The molecule has 0 spiro atoms. The number of likely N-dealkylation sites (tertiary alicyclic amines) is 1. The molecule has 0 aromatic heterocycles. The van der Waals surface area contributed by atoms with Crippen molar-refractivity contribution in [3.05, 3.63) is 58.4 Å². The van der Waals surface area contributed by atoms with Crippen molar-refractivity contribution in [3.63, 3.8) is 0 Å². The molecule has 1 aliphatic heterocycles. The Balaban J connectivity index is 1.49. The van der Waals surface area contributed by atoms with Gasteiger partial charge in [-0.1, -0.05) is 6.42 Å². The van der Waals surface area contributed by atoms with Crippen LogP contribution in [0.5, 0.6) is 5.75 Å². The summed E-state index contributed by atoms with van der Waals surface area (Å²) >= 11 is 0. The van der Waals surface area contributed by atoms with Crippen LogP contribution in [0, 0.1) is 15.9 Å². The van der Waals surface area contributed by atoms with Crippen molar-refractivity contribution in [2.75, 3.05) is 31.6 Å². The van der Waals surface area contributed by atoms with E-state index >= 15 is 0 Å². The summed E-state index contributed by atoms with van der Waals surface area (Å²) in [5.74, 6) is 0.119. The predicted molar refractivity (Wildman–Crippen MR) is 103 cm³/mol. The first-order valence-corrected chi connectivity index (χ1v) is 9.28. The number of nitrogens with one attached hydrogen (secondary N) is 1. The predicted octanol–water partition coefficient (Wildman–Crippen LogP) is 4.73. The highest BCUT2D eigenvalue weighted by molar-refractivity contribution is 5.69. The molecule has 0 unspecified atom stereocenters. The smallest absolute Gasteiger partial charge is 0.295 e. The fraction of sp³-hybridized carbons (Fsp3) is 0.400. The molecule has 1 heterocycles. The molecule has 1 fully saturated rings. The monoisotopic (exact) mass is 373 g/mol. The lowest BCUT2D eigenvalue weighted by molar-refractivity contribution is -0.384. The third-order valence-electron chi connectivity index (χ3n) is 4.63. The summed E-state index contributed by atoms with van der Waals surface area (Å²) in [6.45, 7) is 4.10. The van der Waals surface area contributed by atoms with Gasteiger partial charge in [-0.15, -0.1) is 0 Å². The number of benzene rings is 2. The molecule has 2 aromatic carbocycles. The Labute approximate surface area is 158 Å². The highest BCUT2D eigenvalue weighted by Crippen LogP contribution is 2.29. The molecule has 0 amide bonds. The van der Waals surface area contributed by atoms with Crippen molar-refractivity contribution in [2.45, 2.75) is 25.7 Å². The Hall–Kier alpha value is -2.67. The molecule has 2 aromatic rings. The number of piperidine rings is 1. The zero-order chi connectivity index (χ0) is 19.1. The topological polar surface area (TPSA) is 67.6 Å². The lowest BCUT2D eigenvalue weighted by atomic mass is 10.1. The van der Waals surface area contributed by atoms with Crippen LogP contribution in [0.2, 0.25) is 0 Å². The normalized spacial score (nSPS) is 14.7. The van der Waals surface area contributed by atoms with Gasteiger partial charge in [0.2, 0.25) is 0 Å². The van der Waals surface area contributed by atoms with Crippen LogP contribution in [0.1, 0.15) is 25.7 Å². The average molecular weight is 373 g/mol. The van der Waals surface area contributed by atoms with E-state index in [9.17, 15) is 14.5 Å². The van der Waals surface area contributed by atoms with Crippen molar-refractivity contribution < 1.29 is 14.1 Å². The van der Waals surface area contributed by atoms with Crippen molar-refractivity contribution in [3.8, 4) is 5.75 Å². The molecule has 0 saturated carbocycles. The SMILES string of the molecule is O=[N+]([O-])c1cc(F)ccc1Nc1ccc(OCCCN2CCCCC2)cc1. The second-order valence-electron chi connectivity index (χ2n) is 6.67. The van der Waals surface area contributed by atoms with Crippen molar-refractivity contribution >= 4 is 17.1 Å². The molecule has 0 atom stereocenters. The zero-order valence-electron chi connectivity index (χ0n) is 15.2. The van der Waals surface area contributed by atoms with Crippen LogP contribution in [0.25, 0.3) is 0 Å². The van der Waals surface area contributed by atoms with Crippen LogP contribution in [0.15, 0.2) is 42.5 Å². The van der Waals surface area contributed by atoms with Crippen LogP contribution in [0.3, 0.4) is 0 Å². The molecule has 7 heteroatoms. The van der Waals surface area contributed by atoms with Gasteiger partial charge in [0.1, 0.15) is 17.3 Å². The standard InChI is InChI=1S/C20H24FN3O3/c21-16-5-10-19(20(15-16)24(25)26)22-17-6-8-18(9-7-17)27-14-4-13-23-11-2-1-3-12-23/h5-10,15,22H,1-4,11-14H2. The summed E-state index contributed by atoms with van der Waals surface area (Å²) in [6, 6.07) is 10.7. The van der Waals surface area contributed by atoms with Gasteiger partial charge in [0.05, 0.1) is 17.6 Å². The molecule has 0 aliphatic carbocycles. The lowest BCUT2D eigenvalue weighted by Crippen LogP contribution is -2.31. The first-order valence-electron chi connectivity index (χ1n) is 9.28. The van der Waals surface area contributed by atoms with Gasteiger partial charge in [-0.2, -0.15) is 0 Å². The number of ether oxygens (including phenoxy) is 1. The summed E-state index contributed by atoms with van der Waals surface area (Å²) < 4.78 is 19.0. The van der Waals surface area contributed by atoms with Gasteiger partial charge in [-0.05, 0) is 68.8 Å². The Morgan fingerprint density at radius 3 is 2.56 bits per heavy atom. The summed E-state index contributed by atoms with van der Waals surface area (Å²) in [5.41, 5.74) is 0.620. The Morgan fingerprint density at radius 2 is 1.85 bits per heavy atom. The first-order chi connectivity index (χ1) is 13.1. The van der Waals surface area contributed by atoms with E-state index in [1.165, 1.54) is 44.5 Å². The summed E-state index contributed by atoms with van der Waals surface area (Å²) in [5, 5.41) is 14.0. The third kappa shape index (κ3) is 5.65. The van der Waals surface area contributed by atoms with E-state index < -0.39 is 10.7 Å². The number of anilines is 2. The molecule has 144 valence electrons. The quantitative estimate of drug-likeness (QED) is 0.411. The van der Waals surface area contributed by atoms with Gasteiger partial charge >= 0.3 is 0 Å². The Kier molecular flexibility index (Phi) is 6.59. The molecular formula is C20H24FN3O3. The molecule has 1 N–H and O–H groups in total. The van der Waals surface area contributed by atoms with Crippen LogP contribution < -0.4 is 10.1 Å². The van der Waals surface area contributed by atoms with Crippen molar-refractivity contribution in [1.29, 1.82) is 0 Å². The minimum absolute atomic E-state index is 0.247. The Morgan fingerprint density at radius 1 is 1.11 bits per heavy atom. The molecule has 6 nitrogen and oxygen atoms in total. The second-order valence-corrected chi connectivity index (χ2v) is 6.67. The molecule has 0 radical (unpaired) electrons. The number of rotatable bonds is 8. The van der Waals surface area contributed by atoms with E-state index in [0.29, 0.717) is 12.3 Å². The average Bonchev–Trinajstić information content (AvgIpc) is 2.68. The van der Waals surface area contributed by atoms with Crippen LogP contribution in [-0.2, 0) is 0 Å². The third-order valence-corrected chi connectivity index (χ3v) is 4.63.